The average Bonchev–Trinajstić information content (AvgIpc) is 2.83. The van der Waals surface area contributed by atoms with Gasteiger partial charge >= 0.3 is 12.0 Å². The van der Waals surface area contributed by atoms with Crippen molar-refractivity contribution >= 4 is 12.0 Å². The van der Waals surface area contributed by atoms with Crippen molar-refractivity contribution in [1.29, 1.82) is 0 Å². The second kappa shape index (κ2) is 9.26. The molecule has 1 aromatic carbocycles. The Morgan fingerprint density at radius 1 is 1.16 bits per heavy atom. The number of ether oxygens (including phenoxy) is 1. The molecule has 2 bridgehead atoms. The van der Waals surface area contributed by atoms with E-state index < -0.39 is 12.0 Å². The van der Waals surface area contributed by atoms with Crippen LogP contribution in [0.3, 0.4) is 0 Å². The molecule has 6 nitrogen and oxygen atoms in total. The maximum atomic E-state index is 13.5. The molecule has 0 saturated carbocycles. The smallest absolute Gasteiger partial charge is 0.328 e. The van der Waals surface area contributed by atoms with E-state index in [9.17, 15) is 9.59 Å². The zero-order chi connectivity index (χ0) is 22.1. The highest BCUT2D eigenvalue weighted by Crippen LogP contribution is 2.45. The summed E-state index contributed by atoms with van der Waals surface area (Å²) in [7, 11) is 1.38. The van der Waals surface area contributed by atoms with E-state index in [0.717, 1.165) is 31.5 Å². The topological polar surface area (TPSA) is 61.9 Å². The lowest BCUT2D eigenvalue weighted by Gasteiger charge is -2.54. The molecule has 0 radical (unpaired) electrons. The summed E-state index contributed by atoms with van der Waals surface area (Å²) >= 11 is 0. The van der Waals surface area contributed by atoms with Crippen LogP contribution in [0.25, 0.3) is 0 Å². The van der Waals surface area contributed by atoms with Gasteiger partial charge < -0.3 is 15.0 Å². The summed E-state index contributed by atoms with van der Waals surface area (Å²) in [5.41, 5.74) is 2.46. The lowest BCUT2D eigenvalue weighted by atomic mass is 9.68. The minimum Gasteiger partial charge on any atom is -0.467 e. The van der Waals surface area contributed by atoms with Crippen LogP contribution < -0.4 is 5.32 Å². The average molecular weight is 438 g/mol. The Hall–Kier alpha value is -2.34. The van der Waals surface area contributed by atoms with Crippen molar-refractivity contribution in [1.82, 2.24) is 15.1 Å². The molecule has 3 fully saturated rings. The van der Waals surface area contributed by atoms with Gasteiger partial charge in [-0.15, -0.1) is 0 Å². The highest BCUT2D eigenvalue weighted by Gasteiger charge is 2.47. The van der Waals surface area contributed by atoms with Crippen LogP contribution in [0.15, 0.2) is 42.0 Å². The van der Waals surface area contributed by atoms with Crippen LogP contribution in [0.4, 0.5) is 4.79 Å². The van der Waals surface area contributed by atoms with Crippen molar-refractivity contribution in [2.45, 2.75) is 63.1 Å². The standard InChI is InChI=1S/C26H35N3O3/c1-32-25(30)22(14-18-8-3-2-4-9-18)27-26(31)29-13-7-10-19-15-20-16-21(24(19)29)17-28-12-6-5-11-23(20)28/h2-4,8-9,15,20-24H,5-7,10-14,16-17H2,1H3,(H,27,31)/t20-,21+,22+,23+,24+/m1/s1. The summed E-state index contributed by atoms with van der Waals surface area (Å²) in [6, 6.07) is 9.84. The van der Waals surface area contributed by atoms with Crippen molar-refractivity contribution < 1.29 is 14.3 Å². The van der Waals surface area contributed by atoms with Crippen molar-refractivity contribution in [3.05, 3.63) is 47.5 Å². The monoisotopic (exact) mass is 437 g/mol. The molecule has 32 heavy (non-hydrogen) atoms. The zero-order valence-corrected chi connectivity index (χ0v) is 19.0. The molecule has 1 aliphatic carbocycles. The van der Waals surface area contributed by atoms with Gasteiger partial charge in [0.1, 0.15) is 6.04 Å². The quantitative estimate of drug-likeness (QED) is 0.580. The largest absolute Gasteiger partial charge is 0.467 e. The number of fused-ring (bicyclic) bond motifs is 6. The van der Waals surface area contributed by atoms with Crippen LogP contribution in [0, 0.1) is 11.8 Å². The molecule has 5 atom stereocenters. The maximum absolute atomic E-state index is 13.5. The van der Waals surface area contributed by atoms with Gasteiger partial charge in [0.05, 0.1) is 13.2 Å². The number of piperidine rings is 3. The number of benzene rings is 1. The number of rotatable bonds is 4. The van der Waals surface area contributed by atoms with E-state index in [1.807, 2.05) is 35.2 Å². The molecule has 172 valence electrons. The van der Waals surface area contributed by atoms with Gasteiger partial charge in [-0.1, -0.05) is 48.4 Å². The molecule has 5 rings (SSSR count). The van der Waals surface area contributed by atoms with E-state index in [1.54, 1.807) is 0 Å². The summed E-state index contributed by atoms with van der Waals surface area (Å²) in [6.45, 7) is 3.04. The van der Waals surface area contributed by atoms with Crippen molar-refractivity contribution in [2.24, 2.45) is 11.8 Å². The minimum absolute atomic E-state index is 0.133. The normalized spacial score (nSPS) is 30.4. The molecule has 1 N–H and O–H groups in total. The van der Waals surface area contributed by atoms with Gasteiger partial charge in [-0.25, -0.2) is 9.59 Å². The number of amides is 2. The summed E-state index contributed by atoms with van der Waals surface area (Å²) < 4.78 is 5.01. The SMILES string of the molecule is COC(=O)[C@H](Cc1ccccc1)NC(=O)N1CCCC2=C[C@@H]3C[C@@H](CN4CCCC[C@@H]34)[C@H]21. The third kappa shape index (κ3) is 4.17. The number of hydrogen-bond donors (Lipinski definition) is 1. The van der Waals surface area contributed by atoms with E-state index in [4.69, 9.17) is 4.74 Å². The predicted octanol–water partition coefficient (Wildman–Crippen LogP) is 3.38. The van der Waals surface area contributed by atoms with Gasteiger partial charge in [0, 0.05) is 25.6 Å². The predicted molar refractivity (Wildman–Crippen MR) is 123 cm³/mol. The summed E-state index contributed by atoms with van der Waals surface area (Å²) in [6.07, 6.45) is 10.2. The lowest BCUT2D eigenvalue weighted by Crippen LogP contribution is -2.62. The number of likely N-dealkylation sites (tertiary alicyclic amines) is 1. The van der Waals surface area contributed by atoms with E-state index in [0.29, 0.717) is 24.3 Å². The minimum atomic E-state index is -0.682. The Kier molecular flexibility index (Phi) is 6.22. The number of nitrogens with zero attached hydrogens (tertiary/aromatic N) is 2. The lowest BCUT2D eigenvalue weighted by molar-refractivity contribution is -0.142. The number of carbonyl (C=O) groups is 2. The van der Waals surface area contributed by atoms with Crippen LogP contribution in [-0.4, -0.2) is 66.7 Å². The number of carbonyl (C=O) groups excluding carboxylic acids is 2. The van der Waals surface area contributed by atoms with Crippen molar-refractivity contribution in [2.75, 3.05) is 26.7 Å². The van der Waals surface area contributed by atoms with Gasteiger partial charge in [-0.05, 0) is 56.0 Å². The first-order valence-electron chi connectivity index (χ1n) is 12.3. The summed E-state index contributed by atoms with van der Waals surface area (Å²) in [5, 5.41) is 3.02. The Morgan fingerprint density at radius 2 is 2.00 bits per heavy atom. The summed E-state index contributed by atoms with van der Waals surface area (Å²) in [4.78, 5) is 30.7. The molecule has 0 aromatic heterocycles. The van der Waals surface area contributed by atoms with Gasteiger partial charge in [0.25, 0.3) is 0 Å². The third-order valence-electron chi connectivity index (χ3n) is 7.98. The first-order valence-corrected chi connectivity index (χ1v) is 12.3. The highest BCUT2D eigenvalue weighted by atomic mass is 16.5. The Morgan fingerprint density at radius 3 is 2.81 bits per heavy atom. The first kappa shape index (κ1) is 21.5. The van der Waals surface area contributed by atoms with E-state index in [-0.39, 0.29) is 12.1 Å². The van der Waals surface area contributed by atoms with Gasteiger partial charge in [0.2, 0.25) is 0 Å². The molecular weight excluding hydrogens is 402 g/mol. The van der Waals surface area contributed by atoms with E-state index >= 15 is 0 Å². The molecule has 3 aliphatic heterocycles. The van der Waals surface area contributed by atoms with Gasteiger partial charge in [-0.3, -0.25) is 4.90 Å². The number of nitrogens with one attached hydrogen (secondary N) is 1. The van der Waals surface area contributed by atoms with Crippen LogP contribution in [-0.2, 0) is 16.0 Å². The summed E-state index contributed by atoms with van der Waals surface area (Å²) in [5.74, 6) is 0.739. The molecule has 2 amide bonds. The number of esters is 1. The number of methoxy groups -OCH3 is 1. The third-order valence-corrected chi connectivity index (χ3v) is 7.98. The molecule has 0 unspecified atom stereocenters. The number of urea groups is 1. The van der Waals surface area contributed by atoms with Gasteiger partial charge in [0.15, 0.2) is 0 Å². The second-order valence-electron chi connectivity index (χ2n) is 9.92. The Balaban J connectivity index is 1.34. The second-order valence-corrected chi connectivity index (χ2v) is 9.92. The van der Waals surface area contributed by atoms with Crippen LogP contribution in [0.1, 0.15) is 44.1 Å². The van der Waals surface area contributed by atoms with Crippen molar-refractivity contribution in [3.8, 4) is 0 Å². The van der Waals surface area contributed by atoms with Crippen LogP contribution in [0.2, 0.25) is 0 Å². The molecule has 4 aliphatic rings. The van der Waals surface area contributed by atoms with Crippen LogP contribution >= 0.6 is 0 Å². The van der Waals surface area contributed by atoms with Crippen LogP contribution in [0.5, 0.6) is 0 Å². The maximum Gasteiger partial charge on any atom is 0.328 e. The molecule has 3 heterocycles. The molecule has 3 saturated heterocycles. The fourth-order valence-corrected chi connectivity index (χ4v) is 6.62. The highest BCUT2D eigenvalue weighted by molar-refractivity contribution is 5.84. The zero-order valence-electron chi connectivity index (χ0n) is 19.0. The molecular formula is C26H35N3O3. The molecule has 6 heteroatoms. The number of hydrogen-bond acceptors (Lipinski definition) is 4. The fraction of sp³-hybridized carbons (Fsp3) is 0.615. The molecule has 0 spiro atoms. The Labute approximate surface area is 191 Å². The first-order chi connectivity index (χ1) is 15.6. The Bertz CT molecular complexity index is 870. The van der Waals surface area contributed by atoms with E-state index in [1.165, 1.54) is 44.9 Å². The molecule has 1 aromatic rings. The fourth-order valence-electron chi connectivity index (χ4n) is 6.62. The van der Waals surface area contributed by atoms with E-state index in [2.05, 4.69) is 16.3 Å². The van der Waals surface area contributed by atoms with Crippen molar-refractivity contribution in [3.63, 3.8) is 0 Å². The van der Waals surface area contributed by atoms with Gasteiger partial charge in [-0.2, -0.15) is 0 Å².